The summed E-state index contributed by atoms with van der Waals surface area (Å²) in [5.41, 5.74) is 0. The van der Waals surface area contributed by atoms with Gasteiger partial charge in [0.1, 0.15) is 0 Å². The molecule has 3 atom stereocenters. The minimum atomic E-state index is 0.602. The van der Waals surface area contributed by atoms with Crippen LogP contribution in [0.25, 0.3) is 0 Å². The fourth-order valence-corrected chi connectivity index (χ4v) is 2.45. The van der Waals surface area contributed by atoms with E-state index in [1.807, 2.05) is 6.08 Å². The van der Waals surface area contributed by atoms with Gasteiger partial charge in [-0.2, -0.15) is 0 Å². The van der Waals surface area contributed by atoms with Gasteiger partial charge in [0.05, 0.1) is 0 Å². The predicted molar refractivity (Wildman–Crippen MR) is 63.4 cm³/mol. The predicted octanol–water partition coefficient (Wildman–Crippen LogP) is 3.37. The van der Waals surface area contributed by atoms with Crippen LogP contribution in [0.15, 0.2) is 12.7 Å². The van der Waals surface area contributed by atoms with Gasteiger partial charge < -0.3 is 5.32 Å². The largest absolute Gasteiger partial charge is 0.314 e. The maximum atomic E-state index is 3.77. The maximum Gasteiger partial charge on any atom is 0.00732 e. The molecule has 1 nitrogen and oxygen atoms in total. The van der Waals surface area contributed by atoms with Gasteiger partial charge in [-0.3, -0.25) is 0 Å². The van der Waals surface area contributed by atoms with Gasteiger partial charge in [-0.05, 0) is 44.6 Å². The van der Waals surface area contributed by atoms with E-state index in [0.717, 1.165) is 18.3 Å². The van der Waals surface area contributed by atoms with Crippen molar-refractivity contribution in [2.24, 2.45) is 11.8 Å². The van der Waals surface area contributed by atoms with Crippen molar-refractivity contribution < 1.29 is 0 Å². The van der Waals surface area contributed by atoms with E-state index in [0.29, 0.717) is 6.04 Å². The number of nitrogens with one attached hydrogen (secondary N) is 1. The van der Waals surface area contributed by atoms with E-state index in [1.165, 1.54) is 32.2 Å². The zero-order valence-electron chi connectivity index (χ0n) is 9.76. The molecule has 1 rings (SSSR count). The van der Waals surface area contributed by atoms with E-state index in [9.17, 15) is 0 Å². The van der Waals surface area contributed by atoms with E-state index in [1.54, 1.807) is 0 Å². The molecule has 1 saturated carbocycles. The van der Waals surface area contributed by atoms with Crippen molar-refractivity contribution >= 4 is 0 Å². The van der Waals surface area contributed by atoms with Crippen molar-refractivity contribution in [1.29, 1.82) is 0 Å². The van der Waals surface area contributed by atoms with Crippen molar-refractivity contribution in [2.45, 2.75) is 52.0 Å². The fraction of sp³-hybridized carbons (Fsp3) is 0.846. The Labute approximate surface area is 89.0 Å². The topological polar surface area (TPSA) is 12.0 Å². The molecule has 0 radical (unpaired) electrons. The van der Waals surface area contributed by atoms with Gasteiger partial charge in [-0.25, -0.2) is 0 Å². The quantitative estimate of drug-likeness (QED) is 0.663. The van der Waals surface area contributed by atoms with Crippen LogP contribution in [0.1, 0.15) is 46.0 Å². The SMILES string of the molecule is C=CCC(C)NCC1CCCC(C)C1. The van der Waals surface area contributed by atoms with Gasteiger partial charge in [-0.15, -0.1) is 6.58 Å². The van der Waals surface area contributed by atoms with Crippen LogP contribution in [-0.2, 0) is 0 Å². The lowest BCUT2D eigenvalue weighted by atomic mass is 9.82. The first-order chi connectivity index (χ1) is 6.72. The molecule has 0 aromatic heterocycles. The standard InChI is InChI=1S/C13H25N/c1-4-6-12(3)14-10-13-8-5-7-11(2)9-13/h4,11-14H,1,5-10H2,2-3H3. The first-order valence-corrected chi connectivity index (χ1v) is 6.06. The summed E-state index contributed by atoms with van der Waals surface area (Å²) in [4.78, 5) is 0. The molecule has 0 heterocycles. The highest BCUT2D eigenvalue weighted by atomic mass is 14.9. The van der Waals surface area contributed by atoms with E-state index >= 15 is 0 Å². The van der Waals surface area contributed by atoms with Crippen LogP contribution in [0, 0.1) is 11.8 Å². The number of rotatable bonds is 5. The molecule has 14 heavy (non-hydrogen) atoms. The van der Waals surface area contributed by atoms with E-state index in [2.05, 4.69) is 25.7 Å². The molecule has 82 valence electrons. The second kappa shape index (κ2) is 6.23. The highest BCUT2D eigenvalue weighted by Gasteiger charge is 2.18. The van der Waals surface area contributed by atoms with E-state index in [4.69, 9.17) is 0 Å². The zero-order valence-corrected chi connectivity index (χ0v) is 9.76. The molecule has 1 aliphatic rings. The van der Waals surface area contributed by atoms with Crippen molar-refractivity contribution in [2.75, 3.05) is 6.54 Å². The average molecular weight is 195 g/mol. The van der Waals surface area contributed by atoms with Gasteiger partial charge >= 0.3 is 0 Å². The van der Waals surface area contributed by atoms with Gasteiger partial charge in [0.2, 0.25) is 0 Å². The summed E-state index contributed by atoms with van der Waals surface area (Å²) >= 11 is 0. The summed E-state index contributed by atoms with van der Waals surface area (Å²) < 4.78 is 0. The summed E-state index contributed by atoms with van der Waals surface area (Å²) in [6.45, 7) is 9.61. The molecule has 1 fully saturated rings. The Hall–Kier alpha value is -0.300. The lowest BCUT2D eigenvalue weighted by Gasteiger charge is -2.28. The Morgan fingerprint density at radius 3 is 2.93 bits per heavy atom. The normalized spacial score (nSPS) is 29.9. The highest BCUT2D eigenvalue weighted by Crippen LogP contribution is 2.27. The first-order valence-electron chi connectivity index (χ1n) is 6.06. The van der Waals surface area contributed by atoms with Crippen molar-refractivity contribution in [3.63, 3.8) is 0 Å². The van der Waals surface area contributed by atoms with Crippen LogP contribution in [0.2, 0.25) is 0 Å². The average Bonchev–Trinajstić information content (AvgIpc) is 2.15. The van der Waals surface area contributed by atoms with Gasteiger partial charge in [-0.1, -0.05) is 25.8 Å². The molecule has 0 bridgehead atoms. The Morgan fingerprint density at radius 2 is 2.29 bits per heavy atom. The van der Waals surface area contributed by atoms with Gasteiger partial charge in [0.25, 0.3) is 0 Å². The van der Waals surface area contributed by atoms with Crippen LogP contribution < -0.4 is 5.32 Å². The number of hydrogen-bond acceptors (Lipinski definition) is 1. The van der Waals surface area contributed by atoms with E-state index in [-0.39, 0.29) is 0 Å². The van der Waals surface area contributed by atoms with E-state index < -0.39 is 0 Å². The van der Waals surface area contributed by atoms with Crippen LogP contribution in [0.4, 0.5) is 0 Å². The summed E-state index contributed by atoms with van der Waals surface area (Å²) in [6.07, 6.45) is 8.82. The molecule has 0 amide bonds. The van der Waals surface area contributed by atoms with Crippen LogP contribution in [0.5, 0.6) is 0 Å². The summed E-state index contributed by atoms with van der Waals surface area (Å²) in [6, 6.07) is 0.602. The molecule has 3 unspecified atom stereocenters. The molecule has 1 heteroatoms. The zero-order chi connectivity index (χ0) is 10.4. The highest BCUT2D eigenvalue weighted by molar-refractivity contribution is 4.77. The van der Waals surface area contributed by atoms with Crippen molar-refractivity contribution in [1.82, 2.24) is 5.32 Å². The third-order valence-electron chi connectivity index (χ3n) is 3.32. The Kier molecular flexibility index (Phi) is 5.24. The molecular formula is C13H25N. The lowest BCUT2D eigenvalue weighted by molar-refractivity contribution is 0.268. The third kappa shape index (κ3) is 4.28. The minimum absolute atomic E-state index is 0.602. The Morgan fingerprint density at radius 1 is 1.50 bits per heavy atom. The molecule has 0 aliphatic heterocycles. The van der Waals surface area contributed by atoms with Crippen LogP contribution in [-0.4, -0.2) is 12.6 Å². The molecule has 1 aliphatic carbocycles. The third-order valence-corrected chi connectivity index (χ3v) is 3.32. The maximum absolute atomic E-state index is 3.77. The molecular weight excluding hydrogens is 170 g/mol. The smallest absolute Gasteiger partial charge is 0.00732 e. The van der Waals surface area contributed by atoms with Crippen molar-refractivity contribution in [3.8, 4) is 0 Å². The summed E-state index contributed by atoms with van der Waals surface area (Å²) in [5.74, 6) is 1.87. The minimum Gasteiger partial charge on any atom is -0.314 e. The monoisotopic (exact) mass is 195 g/mol. The van der Waals surface area contributed by atoms with Crippen LogP contribution >= 0.6 is 0 Å². The Bertz CT molecular complexity index is 165. The lowest BCUT2D eigenvalue weighted by Crippen LogP contribution is -2.32. The Balaban J connectivity index is 2.13. The summed E-state index contributed by atoms with van der Waals surface area (Å²) in [7, 11) is 0. The van der Waals surface area contributed by atoms with Crippen molar-refractivity contribution in [3.05, 3.63) is 12.7 Å². The first kappa shape index (κ1) is 11.8. The number of hydrogen-bond donors (Lipinski definition) is 1. The fourth-order valence-electron chi connectivity index (χ4n) is 2.45. The molecule has 0 aromatic rings. The second-order valence-corrected chi connectivity index (χ2v) is 4.97. The second-order valence-electron chi connectivity index (χ2n) is 4.97. The van der Waals surface area contributed by atoms with Gasteiger partial charge in [0, 0.05) is 6.04 Å². The molecule has 0 spiro atoms. The van der Waals surface area contributed by atoms with Gasteiger partial charge in [0.15, 0.2) is 0 Å². The molecule has 0 aromatic carbocycles. The molecule has 1 N–H and O–H groups in total. The van der Waals surface area contributed by atoms with Crippen LogP contribution in [0.3, 0.4) is 0 Å². The molecule has 0 saturated heterocycles. The summed E-state index contributed by atoms with van der Waals surface area (Å²) in [5, 5.41) is 3.60.